The van der Waals surface area contributed by atoms with Crippen LogP contribution in [0.25, 0.3) is 0 Å². The zero-order chi connectivity index (χ0) is 20.7. The third-order valence-electron chi connectivity index (χ3n) is 6.06. The second kappa shape index (κ2) is 14.4. The molecule has 0 aliphatic rings. The van der Waals surface area contributed by atoms with Gasteiger partial charge in [-0.3, -0.25) is 0 Å². The summed E-state index contributed by atoms with van der Waals surface area (Å²) in [6, 6.07) is 11.7. The van der Waals surface area contributed by atoms with E-state index in [0.29, 0.717) is 0 Å². The second-order valence-corrected chi connectivity index (χ2v) is 8.68. The van der Waals surface area contributed by atoms with Crippen molar-refractivity contribution < 1.29 is 4.57 Å². The molecule has 0 unspecified atom stereocenters. The number of benzene rings is 1. The molecule has 1 heteroatoms. The molecule has 0 saturated carbocycles. The van der Waals surface area contributed by atoms with Gasteiger partial charge in [-0.1, -0.05) is 103 Å². The van der Waals surface area contributed by atoms with Crippen molar-refractivity contribution in [1.82, 2.24) is 0 Å². The van der Waals surface area contributed by atoms with Crippen molar-refractivity contribution in [1.29, 1.82) is 0 Å². The van der Waals surface area contributed by atoms with E-state index in [1.807, 2.05) is 0 Å². The van der Waals surface area contributed by atoms with E-state index in [9.17, 15) is 0 Å². The maximum atomic E-state index is 2.36. The fourth-order valence-electron chi connectivity index (χ4n) is 4.09. The highest BCUT2D eigenvalue weighted by Gasteiger charge is 2.07. The lowest BCUT2D eigenvalue weighted by Gasteiger charge is -2.05. The molecule has 0 atom stereocenters. The SMILES string of the molecule is CCCCCCCCCCCCc1ccc(C[n+]2cc(CC)cc(CC)c2)cc1. The van der Waals surface area contributed by atoms with Crippen molar-refractivity contribution >= 4 is 0 Å². The zero-order valence-corrected chi connectivity index (χ0v) is 19.4. The fraction of sp³-hybridized carbons (Fsp3) is 0.607. The van der Waals surface area contributed by atoms with Gasteiger partial charge in [-0.25, -0.2) is 4.57 Å². The van der Waals surface area contributed by atoms with Gasteiger partial charge in [-0.05, 0) is 37.3 Å². The predicted molar refractivity (Wildman–Crippen MR) is 126 cm³/mol. The number of hydrogen-bond donors (Lipinski definition) is 0. The van der Waals surface area contributed by atoms with E-state index >= 15 is 0 Å². The molecule has 1 heterocycles. The van der Waals surface area contributed by atoms with Gasteiger partial charge in [0.05, 0.1) is 0 Å². The first-order valence-corrected chi connectivity index (χ1v) is 12.3. The van der Waals surface area contributed by atoms with Gasteiger partial charge in [0.15, 0.2) is 18.9 Å². The van der Waals surface area contributed by atoms with Gasteiger partial charge in [0.1, 0.15) is 0 Å². The average Bonchev–Trinajstić information content (AvgIpc) is 2.76. The van der Waals surface area contributed by atoms with Crippen molar-refractivity contribution in [2.45, 2.75) is 111 Å². The van der Waals surface area contributed by atoms with E-state index < -0.39 is 0 Å². The molecule has 0 N–H and O–H groups in total. The summed E-state index contributed by atoms with van der Waals surface area (Å²) in [7, 11) is 0. The van der Waals surface area contributed by atoms with Gasteiger partial charge < -0.3 is 0 Å². The van der Waals surface area contributed by atoms with Crippen LogP contribution >= 0.6 is 0 Å². The first-order chi connectivity index (χ1) is 14.2. The van der Waals surface area contributed by atoms with Gasteiger partial charge in [0.25, 0.3) is 0 Å². The summed E-state index contributed by atoms with van der Waals surface area (Å²) < 4.78 is 2.36. The minimum atomic E-state index is 0.972. The third-order valence-corrected chi connectivity index (χ3v) is 6.06. The molecule has 0 radical (unpaired) electrons. The van der Waals surface area contributed by atoms with Crippen LogP contribution in [0.5, 0.6) is 0 Å². The maximum absolute atomic E-state index is 2.36. The molecule has 0 saturated heterocycles. The van der Waals surface area contributed by atoms with Gasteiger partial charge in [-0.2, -0.15) is 0 Å². The van der Waals surface area contributed by atoms with Crippen LogP contribution < -0.4 is 4.57 Å². The lowest BCUT2D eigenvalue weighted by atomic mass is 10.0. The Kier molecular flexibility index (Phi) is 11.7. The highest BCUT2D eigenvalue weighted by Crippen LogP contribution is 2.13. The zero-order valence-electron chi connectivity index (χ0n) is 19.4. The van der Waals surface area contributed by atoms with E-state index in [0.717, 1.165) is 19.4 Å². The minimum Gasteiger partial charge on any atom is -0.200 e. The Bertz CT molecular complexity index is 649. The lowest BCUT2D eigenvalue weighted by Crippen LogP contribution is -2.34. The van der Waals surface area contributed by atoms with Gasteiger partial charge >= 0.3 is 0 Å². The summed E-state index contributed by atoms with van der Waals surface area (Å²) in [4.78, 5) is 0. The number of pyridine rings is 1. The Balaban J connectivity index is 1.66. The molecule has 160 valence electrons. The van der Waals surface area contributed by atoms with Gasteiger partial charge in [0, 0.05) is 16.7 Å². The molecule has 2 rings (SSSR count). The average molecular weight is 395 g/mol. The summed E-state index contributed by atoms with van der Waals surface area (Å²) >= 11 is 0. The molecular formula is C28H44N+. The predicted octanol–water partition coefficient (Wildman–Crippen LogP) is 7.61. The van der Waals surface area contributed by atoms with Crippen molar-refractivity contribution in [2.24, 2.45) is 0 Å². The largest absolute Gasteiger partial charge is 0.200 e. The smallest absolute Gasteiger partial charge is 0.173 e. The quantitative estimate of drug-likeness (QED) is 0.216. The van der Waals surface area contributed by atoms with Gasteiger partial charge in [0.2, 0.25) is 0 Å². The molecule has 0 fully saturated rings. The monoisotopic (exact) mass is 394 g/mol. The van der Waals surface area contributed by atoms with E-state index in [1.54, 1.807) is 0 Å². The van der Waals surface area contributed by atoms with Crippen LogP contribution in [0.1, 0.15) is 107 Å². The Morgan fingerprint density at radius 2 is 1.03 bits per heavy atom. The van der Waals surface area contributed by atoms with Crippen LogP contribution in [0.3, 0.4) is 0 Å². The van der Waals surface area contributed by atoms with Crippen molar-refractivity contribution in [3.63, 3.8) is 0 Å². The van der Waals surface area contributed by atoms with E-state index in [1.165, 1.54) is 92.9 Å². The molecule has 0 amide bonds. The molecule has 0 aliphatic carbocycles. The molecule has 1 aromatic carbocycles. The highest BCUT2D eigenvalue weighted by molar-refractivity contribution is 5.22. The van der Waals surface area contributed by atoms with E-state index in [4.69, 9.17) is 0 Å². The van der Waals surface area contributed by atoms with Crippen LogP contribution in [0.4, 0.5) is 0 Å². The Labute approximate surface area is 180 Å². The summed E-state index contributed by atoms with van der Waals surface area (Å²) in [5, 5.41) is 0. The summed E-state index contributed by atoms with van der Waals surface area (Å²) in [5.74, 6) is 0. The van der Waals surface area contributed by atoms with Gasteiger partial charge in [-0.15, -0.1) is 0 Å². The first kappa shape index (κ1) is 23.6. The molecular weight excluding hydrogens is 350 g/mol. The Morgan fingerprint density at radius 1 is 0.552 bits per heavy atom. The lowest BCUT2D eigenvalue weighted by molar-refractivity contribution is -0.689. The molecule has 2 aromatic rings. The summed E-state index contributed by atoms with van der Waals surface area (Å²) in [6.45, 7) is 7.74. The van der Waals surface area contributed by atoms with Crippen molar-refractivity contribution in [3.05, 3.63) is 65.0 Å². The summed E-state index contributed by atoms with van der Waals surface area (Å²) in [6.07, 6.45) is 22.1. The molecule has 29 heavy (non-hydrogen) atoms. The number of aryl methyl sites for hydroxylation is 3. The molecule has 0 aliphatic heterocycles. The topological polar surface area (TPSA) is 3.88 Å². The van der Waals surface area contributed by atoms with Crippen LogP contribution in [-0.4, -0.2) is 0 Å². The molecule has 0 spiro atoms. The van der Waals surface area contributed by atoms with Crippen LogP contribution in [-0.2, 0) is 25.8 Å². The Hall–Kier alpha value is -1.63. The van der Waals surface area contributed by atoms with E-state index in [-0.39, 0.29) is 0 Å². The fourth-order valence-corrected chi connectivity index (χ4v) is 4.09. The number of nitrogens with zero attached hydrogens (tertiary/aromatic N) is 1. The highest BCUT2D eigenvalue weighted by atomic mass is 14.9. The number of unbranched alkanes of at least 4 members (excludes halogenated alkanes) is 9. The van der Waals surface area contributed by atoms with Crippen molar-refractivity contribution in [3.8, 4) is 0 Å². The molecule has 1 nitrogen and oxygen atoms in total. The van der Waals surface area contributed by atoms with Crippen LogP contribution in [0, 0.1) is 0 Å². The van der Waals surface area contributed by atoms with Crippen LogP contribution in [0.15, 0.2) is 42.7 Å². The number of hydrogen-bond acceptors (Lipinski definition) is 0. The molecule has 1 aromatic heterocycles. The first-order valence-electron chi connectivity index (χ1n) is 12.3. The second-order valence-electron chi connectivity index (χ2n) is 8.68. The number of rotatable bonds is 15. The van der Waals surface area contributed by atoms with Crippen LogP contribution in [0.2, 0.25) is 0 Å². The summed E-state index contributed by atoms with van der Waals surface area (Å²) in [5.41, 5.74) is 5.76. The maximum Gasteiger partial charge on any atom is 0.173 e. The van der Waals surface area contributed by atoms with Crippen molar-refractivity contribution in [2.75, 3.05) is 0 Å². The van der Waals surface area contributed by atoms with E-state index in [2.05, 4.69) is 68.1 Å². The minimum absolute atomic E-state index is 0.972. The molecule has 0 bridgehead atoms. The number of aromatic nitrogens is 1. The third kappa shape index (κ3) is 9.61. The Morgan fingerprint density at radius 3 is 1.55 bits per heavy atom. The standard InChI is InChI=1S/C28H44N/c1-4-7-8-9-10-11-12-13-14-15-16-27-17-19-28(20-18-27)24-29-22-25(5-2)21-26(6-3)23-29/h17-23H,4-16,24H2,1-3H3/q+1. The normalized spacial score (nSPS) is 11.1.